The first-order valence-electron chi connectivity index (χ1n) is 8.46. The van der Waals surface area contributed by atoms with Crippen molar-refractivity contribution in [1.82, 2.24) is 20.0 Å². The third-order valence-electron chi connectivity index (χ3n) is 4.59. The molecule has 1 aromatic carbocycles. The molecule has 0 radical (unpaired) electrons. The van der Waals surface area contributed by atoms with Crippen LogP contribution in [0, 0.1) is 11.7 Å². The quantitative estimate of drug-likeness (QED) is 0.875. The largest absolute Gasteiger partial charge is 0.481 e. The fraction of sp³-hybridized carbons (Fsp3) is 0.389. The lowest BCUT2D eigenvalue weighted by Gasteiger charge is -2.32. The summed E-state index contributed by atoms with van der Waals surface area (Å²) in [5.41, 5.74) is 1.48. The van der Waals surface area contributed by atoms with Gasteiger partial charge in [-0.15, -0.1) is 0 Å². The number of carbonyl (C=O) groups excluding carboxylic acids is 1. The highest BCUT2D eigenvalue weighted by atomic mass is 19.1. The topological polar surface area (TPSA) is 87.5 Å². The second kappa shape index (κ2) is 7.55. The van der Waals surface area contributed by atoms with Crippen molar-refractivity contribution in [2.45, 2.75) is 18.9 Å². The van der Waals surface area contributed by atoms with Gasteiger partial charge >= 0.3 is 12.0 Å². The van der Waals surface area contributed by atoms with E-state index < -0.39 is 17.9 Å². The number of halogens is 1. The third-order valence-corrected chi connectivity index (χ3v) is 4.59. The van der Waals surface area contributed by atoms with Crippen LogP contribution in [0.15, 0.2) is 36.7 Å². The molecule has 0 saturated carbocycles. The van der Waals surface area contributed by atoms with E-state index >= 15 is 0 Å². The first-order valence-corrected chi connectivity index (χ1v) is 8.46. The van der Waals surface area contributed by atoms with E-state index in [1.54, 1.807) is 36.3 Å². The Morgan fingerprint density at radius 1 is 1.31 bits per heavy atom. The van der Waals surface area contributed by atoms with Gasteiger partial charge < -0.3 is 15.3 Å². The Morgan fingerprint density at radius 2 is 2.04 bits per heavy atom. The van der Waals surface area contributed by atoms with Crippen LogP contribution in [-0.2, 0) is 11.8 Å². The summed E-state index contributed by atoms with van der Waals surface area (Å²) < 4.78 is 14.9. The minimum atomic E-state index is -0.884. The molecule has 2 atom stereocenters. The molecule has 7 nitrogen and oxygen atoms in total. The number of nitrogens with one attached hydrogen (secondary N) is 1. The van der Waals surface area contributed by atoms with Crippen LogP contribution in [0.3, 0.4) is 0 Å². The number of urea groups is 1. The van der Waals surface area contributed by atoms with Gasteiger partial charge in [-0.1, -0.05) is 12.1 Å². The van der Waals surface area contributed by atoms with Gasteiger partial charge in [-0.25, -0.2) is 9.18 Å². The molecule has 2 aromatic rings. The van der Waals surface area contributed by atoms with Crippen LogP contribution in [0.5, 0.6) is 0 Å². The summed E-state index contributed by atoms with van der Waals surface area (Å²) >= 11 is 0. The predicted octanol–water partition coefficient (Wildman–Crippen LogP) is 2.15. The van der Waals surface area contributed by atoms with E-state index in [-0.39, 0.29) is 18.4 Å². The van der Waals surface area contributed by atoms with E-state index in [2.05, 4.69) is 10.4 Å². The number of hydrogen-bond acceptors (Lipinski definition) is 3. The second-order valence-corrected chi connectivity index (χ2v) is 6.50. The van der Waals surface area contributed by atoms with Gasteiger partial charge in [0, 0.05) is 31.9 Å². The summed E-state index contributed by atoms with van der Waals surface area (Å²) in [5, 5.41) is 16.3. The molecule has 1 aliphatic heterocycles. The lowest BCUT2D eigenvalue weighted by molar-refractivity contribution is -0.143. The maximum Gasteiger partial charge on any atom is 0.318 e. The van der Waals surface area contributed by atoms with Crippen molar-refractivity contribution < 1.29 is 19.1 Å². The first-order chi connectivity index (χ1) is 12.4. The van der Waals surface area contributed by atoms with Crippen molar-refractivity contribution in [2.24, 2.45) is 13.0 Å². The Labute approximate surface area is 150 Å². The minimum Gasteiger partial charge on any atom is -0.481 e. The van der Waals surface area contributed by atoms with E-state index in [1.165, 1.54) is 17.0 Å². The van der Waals surface area contributed by atoms with Gasteiger partial charge in [-0.3, -0.25) is 9.48 Å². The van der Waals surface area contributed by atoms with Gasteiger partial charge in [0.2, 0.25) is 0 Å². The zero-order valence-corrected chi connectivity index (χ0v) is 14.4. The molecule has 0 bridgehead atoms. The van der Waals surface area contributed by atoms with Gasteiger partial charge in [0.15, 0.2) is 0 Å². The number of amides is 2. The number of likely N-dealkylation sites (tertiary alicyclic amines) is 1. The van der Waals surface area contributed by atoms with E-state index in [4.69, 9.17) is 0 Å². The number of nitrogens with zero attached hydrogens (tertiary/aromatic N) is 3. The van der Waals surface area contributed by atoms with Crippen molar-refractivity contribution in [1.29, 1.82) is 0 Å². The Hall–Kier alpha value is -2.90. The van der Waals surface area contributed by atoms with Gasteiger partial charge in [0.05, 0.1) is 18.2 Å². The zero-order chi connectivity index (χ0) is 18.7. The molecular formula is C18H21FN4O3. The number of carboxylic acids is 1. The number of benzene rings is 1. The molecule has 3 rings (SSSR count). The highest BCUT2D eigenvalue weighted by Gasteiger charge is 2.29. The maximum absolute atomic E-state index is 13.3. The molecule has 8 heteroatoms. The summed E-state index contributed by atoms with van der Waals surface area (Å²) in [6, 6.07) is 5.07. The molecule has 1 aromatic heterocycles. The Balaban J connectivity index is 1.80. The summed E-state index contributed by atoms with van der Waals surface area (Å²) in [6.07, 6.45) is 4.65. The molecule has 26 heavy (non-hydrogen) atoms. The van der Waals surface area contributed by atoms with Crippen LogP contribution < -0.4 is 5.32 Å². The highest BCUT2D eigenvalue weighted by Crippen LogP contribution is 2.23. The van der Waals surface area contributed by atoms with Crippen molar-refractivity contribution >= 4 is 12.0 Å². The molecule has 2 N–H and O–H groups in total. The Kier molecular flexibility index (Phi) is 5.20. The van der Waals surface area contributed by atoms with Crippen LogP contribution in [-0.4, -0.2) is 44.9 Å². The molecule has 0 aliphatic carbocycles. The van der Waals surface area contributed by atoms with Crippen LogP contribution in [0.2, 0.25) is 0 Å². The van der Waals surface area contributed by atoms with Gasteiger partial charge in [-0.05, 0) is 30.5 Å². The van der Waals surface area contributed by atoms with Crippen LogP contribution in [0.4, 0.5) is 9.18 Å². The van der Waals surface area contributed by atoms with Gasteiger partial charge in [0.25, 0.3) is 0 Å². The van der Waals surface area contributed by atoms with Gasteiger partial charge in [-0.2, -0.15) is 5.10 Å². The normalized spacial score (nSPS) is 18.4. The third kappa shape index (κ3) is 4.01. The van der Waals surface area contributed by atoms with E-state index in [9.17, 15) is 19.1 Å². The molecule has 0 spiro atoms. The smallest absolute Gasteiger partial charge is 0.318 e. The van der Waals surface area contributed by atoms with E-state index in [0.717, 1.165) is 11.1 Å². The average Bonchev–Trinajstić information content (AvgIpc) is 3.06. The standard InChI is InChI=1S/C18H21FN4O3/c1-22-10-14(9-20-22)16(12-4-6-15(19)7-5-12)21-18(26)23-8-2-3-13(11-23)17(24)25/h4-7,9-10,13,16H,2-3,8,11H2,1H3,(H,21,26)(H,24,25). The number of aliphatic carboxylic acids is 1. The molecule has 2 amide bonds. The molecule has 138 valence electrons. The van der Waals surface area contributed by atoms with Crippen molar-refractivity contribution in [3.05, 3.63) is 53.6 Å². The zero-order valence-electron chi connectivity index (χ0n) is 14.4. The average molecular weight is 360 g/mol. The predicted molar refractivity (Wildman–Crippen MR) is 91.9 cm³/mol. The minimum absolute atomic E-state index is 0.185. The van der Waals surface area contributed by atoms with Crippen molar-refractivity contribution in [3.8, 4) is 0 Å². The van der Waals surface area contributed by atoms with Crippen LogP contribution in [0.1, 0.15) is 30.0 Å². The number of carboxylic acid groups (broad SMARTS) is 1. The van der Waals surface area contributed by atoms with Crippen LogP contribution in [0.25, 0.3) is 0 Å². The highest BCUT2D eigenvalue weighted by molar-refractivity contribution is 5.77. The summed E-state index contributed by atoms with van der Waals surface area (Å²) in [7, 11) is 1.77. The fourth-order valence-electron chi connectivity index (χ4n) is 3.18. The summed E-state index contributed by atoms with van der Waals surface area (Å²) in [5.74, 6) is -1.78. The van der Waals surface area contributed by atoms with E-state index in [0.29, 0.717) is 19.4 Å². The fourth-order valence-corrected chi connectivity index (χ4v) is 3.18. The number of hydrogen-bond donors (Lipinski definition) is 2. The Morgan fingerprint density at radius 3 is 2.65 bits per heavy atom. The summed E-state index contributed by atoms with van der Waals surface area (Å²) in [4.78, 5) is 25.5. The molecule has 2 heterocycles. The molecule has 2 unspecified atom stereocenters. The maximum atomic E-state index is 13.3. The SMILES string of the molecule is Cn1cc(C(NC(=O)N2CCCC(C(=O)O)C2)c2ccc(F)cc2)cn1. The lowest BCUT2D eigenvalue weighted by Crippen LogP contribution is -2.48. The molecule has 1 fully saturated rings. The monoisotopic (exact) mass is 360 g/mol. The van der Waals surface area contributed by atoms with Gasteiger partial charge in [0.1, 0.15) is 5.82 Å². The summed E-state index contributed by atoms with van der Waals surface area (Å²) in [6.45, 7) is 0.698. The number of rotatable bonds is 4. The molecule has 1 aliphatic rings. The van der Waals surface area contributed by atoms with E-state index in [1.807, 2.05) is 0 Å². The number of aryl methyl sites for hydroxylation is 1. The lowest BCUT2D eigenvalue weighted by atomic mass is 9.98. The van der Waals surface area contributed by atoms with Crippen molar-refractivity contribution in [3.63, 3.8) is 0 Å². The molecular weight excluding hydrogens is 339 g/mol. The van der Waals surface area contributed by atoms with Crippen LogP contribution >= 0.6 is 0 Å². The number of aromatic nitrogens is 2. The second-order valence-electron chi connectivity index (χ2n) is 6.50. The van der Waals surface area contributed by atoms with Crippen molar-refractivity contribution in [2.75, 3.05) is 13.1 Å². The number of piperidine rings is 1. The Bertz CT molecular complexity index is 790. The first kappa shape index (κ1) is 17.9. The number of carbonyl (C=O) groups is 2. The molecule has 1 saturated heterocycles.